The summed E-state index contributed by atoms with van der Waals surface area (Å²) in [6.07, 6.45) is 2.13. The van der Waals surface area contributed by atoms with Crippen LogP contribution in [0.5, 0.6) is 0 Å². The zero-order valence-corrected chi connectivity index (χ0v) is 8.77. The molecule has 5 nitrogen and oxygen atoms in total. The number of aliphatic hydroxyl groups excluding tert-OH is 3. The molecule has 0 aliphatic heterocycles. The number of allylic oxidation sites excluding steroid dienone is 1. The van der Waals surface area contributed by atoms with Crippen LogP contribution in [0, 0.1) is 5.41 Å². The van der Waals surface area contributed by atoms with Crippen LogP contribution in [0.4, 0.5) is 0 Å². The van der Waals surface area contributed by atoms with E-state index in [0.717, 1.165) is 0 Å². The molecule has 0 rings (SSSR count). The lowest BCUT2D eigenvalue weighted by Gasteiger charge is -2.26. The number of carboxylic acid groups (broad SMARTS) is 1. The van der Waals surface area contributed by atoms with Gasteiger partial charge in [0.05, 0.1) is 25.8 Å². The van der Waals surface area contributed by atoms with Crippen LogP contribution in [-0.4, -0.2) is 41.1 Å². The monoisotopic (exact) mass is 217 g/mol. The summed E-state index contributed by atoms with van der Waals surface area (Å²) in [5, 5.41) is 37.3. The van der Waals surface area contributed by atoms with Crippen LogP contribution >= 0.6 is 0 Å². The second-order valence-electron chi connectivity index (χ2n) is 3.69. The molecule has 3 N–H and O–H groups in total. The molecule has 0 radical (unpaired) electrons. The normalized spacial score (nSPS) is 12.9. The molecular weight excluding hydrogens is 200 g/mol. The maximum atomic E-state index is 10.3. The summed E-state index contributed by atoms with van der Waals surface area (Å²) in [7, 11) is 0. The molecule has 0 aliphatic rings. The van der Waals surface area contributed by atoms with Crippen molar-refractivity contribution in [1.82, 2.24) is 0 Å². The second kappa shape index (κ2) is 6.55. The molecule has 0 spiro atoms. The van der Waals surface area contributed by atoms with E-state index in [2.05, 4.69) is 0 Å². The SMILES string of the molecule is C/C(=C\CCC(CO)(CO)CO)C(=O)[O-]. The molecule has 0 aromatic rings. The lowest BCUT2D eigenvalue weighted by molar-refractivity contribution is -0.299. The minimum absolute atomic E-state index is 0.109. The first-order valence-electron chi connectivity index (χ1n) is 4.72. The van der Waals surface area contributed by atoms with Gasteiger partial charge in [0.25, 0.3) is 0 Å². The molecule has 0 saturated carbocycles. The van der Waals surface area contributed by atoms with Gasteiger partial charge < -0.3 is 25.2 Å². The van der Waals surface area contributed by atoms with Gasteiger partial charge in [0.1, 0.15) is 0 Å². The Balaban J connectivity index is 4.23. The molecule has 0 aliphatic carbocycles. The number of hydrogen-bond acceptors (Lipinski definition) is 5. The molecule has 15 heavy (non-hydrogen) atoms. The number of carboxylic acids is 1. The highest BCUT2D eigenvalue weighted by atomic mass is 16.4. The predicted octanol–water partition coefficient (Wildman–Crippen LogP) is -1.57. The minimum atomic E-state index is -1.24. The van der Waals surface area contributed by atoms with Gasteiger partial charge in [0.2, 0.25) is 0 Å². The van der Waals surface area contributed by atoms with Crippen LogP contribution in [0.2, 0.25) is 0 Å². The van der Waals surface area contributed by atoms with Crippen LogP contribution in [0.15, 0.2) is 11.6 Å². The van der Waals surface area contributed by atoms with Gasteiger partial charge in [0.15, 0.2) is 0 Å². The van der Waals surface area contributed by atoms with Gasteiger partial charge >= 0.3 is 0 Å². The van der Waals surface area contributed by atoms with Crippen molar-refractivity contribution in [3.05, 3.63) is 11.6 Å². The quantitative estimate of drug-likeness (QED) is 0.447. The maximum Gasteiger partial charge on any atom is 0.0668 e. The Morgan fingerprint density at radius 2 is 1.73 bits per heavy atom. The molecule has 0 aromatic carbocycles. The van der Waals surface area contributed by atoms with Crippen molar-refractivity contribution in [2.45, 2.75) is 19.8 Å². The third-order valence-corrected chi connectivity index (χ3v) is 2.45. The average Bonchev–Trinajstić information content (AvgIpc) is 2.24. The van der Waals surface area contributed by atoms with Gasteiger partial charge in [-0.25, -0.2) is 0 Å². The summed E-state index contributed by atoms with van der Waals surface area (Å²) in [5.41, 5.74) is -0.833. The van der Waals surface area contributed by atoms with Gasteiger partial charge in [-0.05, 0) is 25.3 Å². The maximum absolute atomic E-state index is 10.3. The summed E-state index contributed by atoms with van der Waals surface area (Å²) in [6, 6.07) is 0. The van der Waals surface area contributed by atoms with Gasteiger partial charge in [-0.15, -0.1) is 0 Å². The summed E-state index contributed by atoms with van der Waals surface area (Å²) in [5.74, 6) is -1.24. The lowest BCUT2D eigenvalue weighted by Crippen LogP contribution is -2.33. The van der Waals surface area contributed by atoms with Crippen LogP contribution in [0.3, 0.4) is 0 Å². The Hall–Kier alpha value is -0.910. The molecular formula is C10H17O5-. The van der Waals surface area contributed by atoms with E-state index in [-0.39, 0.29) is 25.4 Å². The zero-order chi connectivity index (χ0) is 11.9. The second-order valence-corrected chi connectivity index (χ2v) is 3.69. The Kier molecular flexibility index (Phi) is 6.15. The van der Waals surface area contributed by atoms with Crippen molar-refractivity contribution >= 4 is 5.97 Å². The highest BCUT2D eigenvalue weighted by Gasteiger charge is 2.26. The molecule has 5 heteroatoms. The summed E-state index contributed by atoms with van der Waals surface area (Å²) < 4.78 is 0. The fraction of sp³-hybridized carbons (Fsp3) is 0.700. The molecule has 88 valence electrons. The smallest absolute Gasteiger partial charge is 0.0668 e. The molecule has 0 amide bonds. The minimum Gasteiger partial charge on any atom is -0.545 e. The first-order valence-corrected chi connectivity index (χ1v) is 4.72. The number of aliphatic carboxylic acids is 1. The van der Waals surface area contributed by atoms with Crippen LogP contribution in [0.1, 0.15) is 19.8 Å². The molecule has 0 heterocycles. The number of aliphatic hydroxyl groups is 3. The van der Waals surface area contributed by atoms with Crippen LogP contribution < -0.4 is 5.11 Å². The van der Waals surface area contributed by atoms with E-state index >= 15 is 0 Å². The van der Waals surface area contributed by atoms with Crippen molar-refractivity contribution in [1.29, 1.82) is 0 Å². The van der Waals surface area contributed by atoms with Crippen LogP contribution in [-0.2, 0) is 4.79 Å². The summed E-state index contributed by atoms with van der Waals surface area (Å²) in [4.78, 5) is 10.3. The first kappa shape index (κ1) is 14.1. The van der Waals surface area contributed by atoms with Crippen molar-refractivity contribution in [3.8, 4) is 0 Å². The standard InChI is InChI=1S/C10H18O5/c1-8(9(14)15)3-2-4-10(5-11,6-12)7-13/h3,11-13H,2,4-7H2,1H3,(H,14,15)/p-1/b8-3+. The van der Waals surface area contributed by atoms with Gasteiger partial charge in [-0.1, -0.05) is 6.08 Å². The number of carbonyl (C=O) groups is 1. The molecule has 0 atom stereocenters. The molecule has 0 unspecified atom stereocenters. The number of rotatable bonds is 7. The summed E-state index contributed by atoms with van der Waals surface area (Å²) >= 11 is 0. The highest BCUT2D eigenvalue weighted by Crippen LogP contribution is 2.22. The first-order chi connectivity index (χ1) is 7.01. The third kappa shape index (κ3) is 4.42. The third-order valence-electron chi connectivity index (χ3n) is 2.45. The predicted molar refractivity (Wildman–Crippen MR) is 51.7 cm³/mol. The zero-order valence-electron chi connectivity index (χ0n) is 8.77. The van der Waals surface area contributed by atoms with Crippen molar-refractivity contribution in [2.75, 3.05) is 19.8 Å². The van der Waals surface area contributed by atoms with E-state index < -0.39 is 11.4 Å². The van der Waals surface area contributed by atoms with E-state index in [4.69, 9.17) is 15.3 Å². The highest BCUT2D eigenvalue weighted by molar-refractivity contribution is 5.83. The van der Waals surface area contributed by atoms with Crippen molar-refractivity contribution in [2.24, 2.45) is 5.41 Å². The molecule has 0 aromatic heterocycles. The largest absolute Gasteiger partial charge is 0.545 e. The lowest BCUT2D eigenvalue weighted by atomic mass is 9.85. The van der Waals surface area contributed by atoms with Gasteiger partial charge in [0, 0.05) is 5.41 Å². The molecule has 0 fully saturated rings. The molecule has 0 saturated heterocycles. The Bertz CT molecular complexity index is 222. The molecule has 0 bridgehead atoms. The number of carbonyl (C=O) groups excluding carboxylic acids is 1. The van der Waals surface area contributed by atoms with E-state index in [1.165, 1.54) is 13.0 Å². The number of hydrogen-bond donors (Lipinski definition) is 3. The van der Waals surface area contributed by atoms with Crippen molar-refractivity contribution in [3.63, 3.8) is 0 Å². The van der Waals surface area contributed by atoms with E-state index in [9.17, 15) is 9.90 Å². The average molecular weight is 217 g/mol. The summed E-state index contributed by atoms with van der Waals surface area (Å²) in [6.45, 7) is 0.405. The van der Waals surface area contributed by atoms with Gasteiger partial charge in [-0.2, -0.15) is 0 Å². The van der Waals surface area contributed by atoms with Crippen LogP contribution in [0.25, 0.3) is 0 Å². The fourth-order valence-corrected chi connectivity index (χ4v) is 1.07. The van der Waals surface area contributed by atoms with Gasteiger partial charge in [-0.3, -0.25) is 0 Å². The van der Waals surface area contributed by atoms with E-state index in [0.29, 0.717) is 12.8 Å². The topological polar surface area (TPSA) is 101 Å². The van der Waals surface area contributed by atoms with E-state index in [1.807, 2.05) is 0 Å². The van der Waals surface area contributed by atoms with Crippen molar-refractivity contribution < 1.29 is 25.2 Å². The fourth-order valence-electron chi connectivity index (χ4n) is 1.07. The van der Waals surface area contributed by atoms with E-state index in [1.54, 1.807) is 0 Å². The Morgan fingerprint density at radius 1 is 1.27 bits per heavy atom. The Labute approximate surface area is 88.7 Å². The Morgan fingerprint density at radius 3 is 2.07 bits per heavy atom.